The minimum absolute atomic E-state index is 0.0418. The molecular weight excluding hydrogens is 238 g/mol. The molecule has 0 bridgehead atoms. The highest BCUT2D eigenvalue weighted by molar-refractivity contribution is 5.35. The summed E-state index contributed by atoms with van der Waals surface area (Å²) >= 11 is 0. The number of nitro benzene ring substituents is 1. The Bertz CT molecular complexity index is 377. The Balaban J connectivity index is 2.15. The summed E-state index contributed by atoms with van der Waals surface area (Å²) < 4.78 is 15.4. The highest BCUT2D eigenvalue weighted by Gasteiger charge is 2.03. The number of hydrogen-bond acceptors (Lipinski definition) is 5. The van der Waals surface area contributed by atoms with Gasteiger partial charge in [0.05, 0.1) is 24.4 Å². The Labute approximate surface area is 105 Å². The minimum atomic E-state index is -0.452. The number of non-ortho nitro benzene ring substituents is 1. The van der Waals surface area contributed by atoms with Crippen molar-refractivity contribution in [3.05, 3.63) is 47.2 Å². The van der Waals surface area contributed by atoms with Gasteiger partial charge in [-0.05, 0) is 12.1 Å². The van der Waals surface area contributed by atoms with E-state index in [1.54, 1.807) is 12.1 Å². The quantitative estimate of drug-likeness (QED) is 0.292. The lowest BCUT2D eigenvalue weighted by atomic mass is 10.3. The second-order valence-electron chi connectivity index (χ2n) is 3.25. The molecule has 0 aromatic heterocycles. The standard InChI is InChI=1S/C12H15NO5/c1-2-16-7-8-17-9-10-18-12-5-3-11(4-6-12)13(14)15/h2-6H,1,7-10H2. The first-order valence-electron chi connectivity index (χ1n) is 5.41. The van der Waals surface area contributed by atoms with Crippen LogP contribution >= 0.6 is 0 Å². The van der Waals surface area contributed by atoms with Crippen LogP contribution in [0.25, 0.3) is 0 Å². The number of benzene rings is 1. The summed E-state index contributed by atoms with van der Waals surface area (Å²) in [5.41, 5.74) is 0.0418. The first-order valence-corrected chi connectivity index (χ1v) is 5.41. The average Bonchev–Trinajstić information content (AvgIpc) is 2.38. The molecule has 6 heteroatoms. The van der Waals surface area contributed by atoms with Crippen molar-refractivity contribution in [2.24, 2.45) is 0 Å². The SMILES string of the molecule is C=COCCOCCOc1ccc([N+](=O)[O-])cc1. The lowest BCUT2D eigenvalue weighted by molar-refractivity contribution is -0.384. The van der Waals surface area contributed by atoms with Crippen LogP contribution in [-0.2, 0) is 9.47 Å². The lowest BCUT2D eigenvalue weighted by Gasteiger charge is -2.06. The van der Waals surface area contributed by atoms with Gasteiger partial charge in [-0.1, -0.05) is 6.58 Å². The molecule has 0 amide bonds. The average molecular weight is 253 g/mol. The lowest BCUT2D eigenvalue weighted by Crippen LogP contribution is -2.09. The molecule has 0 saturated carbocycles. The van der Waals surface area contributed by atoms with E-state index in [0.717, 1.165) is 0 Å². The van der Waals surface area contributed by atoms with Gasteiger partial charge in [0.25, 0.3) is 5.69 Å². The molecule has 0 aliphatic rings. The molecule has 0 saturated heterocycles. The van der Waals surface area contributed by atoms with E-state index in [-0.39, 0.29) is 5.69 Å². The first-order chi connectivity index (χ1) is 8.74. The van der Waals surface area contributed by atoms with Gasteiger partial charge in [0, 0.05) is 12.1 Å². The topological polar surface area (TPSA) is 70.8 Å². The molecule has 98 valence electrons. The Morgan fingerprint density at radius 1 is 1.17 bits per heavy atom. The molecule has 1 aromatic rings. The molecule has 0 aliphatic carbocycles. The summed E-state index contributed by atoms with van der Waals surface area (Å²) in [4.78, 5) is 9.97. The Morgan fingerprint density at radius 3 is 2.44 bits per heavy atom. The number of nitro groups is 1. The van der Waals surface area contributed by atoms with E-state index >= 15 is 0 Å². The maximum Gasteiger partial charge on any atom is 0.269 e. The van der Waals surface area contributed by atoms with Gasteiger partial charge in [-0.25, -0.2) is 0 Å². The maximum atomic E-state index is 10.4. The third-order valence-electron chi connectivity index (χ3n) is 2.01. The van der Waals surface area contributed by atoms with Gasteiger partial charge in [0.15, 0.2) is 0 Å². The van der Waals surface area contributed by atoms with E-state index < -0.39 is 4.92 Å². The second-order valence-corrected chi connectivity index (χ2v) is 3.25. The summed E-state index contributed by atoms with van der Waals surface area (Å²) in [6.07, 6.45) is 1.36. The van der Waals surface area contributed by atoms with Crippen molar-refractivity contribution < 1.29 is 19.1 Å². The molecule has 0 radical (unpaired) electrons. The van der Waals surface area contributed by atoms with Gasteiger partial charge in [0.2, 0.25) is 0 Å². The van der Waals surface area contributed by atoms with E-state index in [1.165, 1.54) is 18.4 Å². The third kappa shape index (κ3) is 5.31. The van der Waals surface area contributed by atoms with Gasteiger partial charge in [-0.15, -0.1) is 0 Å². The molecule has 1 rings (SSSR count). The molecule has 18 heavy (non-hydrogen) atoms. The van der Waals surface area contributed by atoms with E-state index in [4.69, 9.17) is 14.2 Å². The van der Waals surface area contributed by atoms with Crippen LogP contribution < -0.4 is 4.74 Å². The molecule has 0 heterocycles. The van der Waals surface area contributed by atoms with Crippen molar-refractivity contribution in [1.29, 1.82) is 0 Å². The van der Waals surface area contributed by atoms with Crippen molar-refractivity contribution in [2.75, 3.05) is 26.4 Å². The highest BCUT2D eigenvalue weighted by Crippen LogP contribution is 2.16. The maximum absolute atomic E-state index is 10.4. The van der Waals surface area contributed by atoms with Crippen LogP contribution in [0.15, 0.2) is 37.1 Å². The van der Waals surface area contributed by atoms with Gasteiger partial charge < -0.3 is 14.2 Å². The summed E-state index contributed by atoms with van der Waals surface area (Å²) in [5.74, 6) is 0.576. The molecular formula is C12H15NO5. The van der Waals surface area contributed by atoms with Crippen LogP contribution in [0, 0.1) is 10.1 Å². The van der Waals surface area contributed by atoms with E-state index in [9.17, 15) is 10.1 Å². The molecule has 1 aromatic carbocycles. The normalized spacial score (nSPS) is 9.78. The monoisotopic (exact) mass is 253 g/mol. The molecule has 0 atom stereocenters. The third-order valence-corrected chi connectivity index (χ3v) is 2.01. The zero-order valence-electron chi connectivity index (χ0n) is 9.91. The Hall–Kier alpha value is -2.08. The number of ether oxygens (including phenoxy) is 3. The zero-order chi connectivity index (χ0) is 13.2. The summed E-state index contributed by atoms with van der Waals surface area (Å²) in [7, 11) is 0. The van der Waals surface area contributed by atoms with Crippen molar-refractivity contribution in [2.45, 2.75) is 0 Å². The highest BCUT2D eigenvalue weighted by atomic mass is 16.6. The number of hydrogen-bond donors (Lipinski definition) is 0. The van der Waals surface area contributed by atoms with Crippen LogP contribution in [0.5, 0.6) is 5.75 Å². The van der Waals surface area contributed by atoms with Gasteiger partial charge >= 0.3 is 0 Å². The Kier molecular flexibility index (Phi) is 6.27. The molecule has 0 aliphatic heterocycles. The Morgan fingerprint density at radius 2 is 1.83 bits per heavy atom. The fourth-order valence-electron chi connectivity index (χ4n) is 1.17. The van der Waals surface area contributed by atoms with Crippen molar-refractivity contribution in [3.63, 3.8) is 0 Å². The van der Waals surface area contributed by atoms with Gasteiger partial charge in [-0.2, -0.15) is 0 Å². The van der Waals surface area contributed by atoms with Crippen LogP contribution in [0.1, 0.15) is 0 Å². The molecule has 0 unspecified atom stereocenters. The van der Waals surface area contributed by atoms with E-state index in [1.807, 2.05) is 0 Å². The van der Waals surface area contributed by atoms with Crippen LogP contribution in [0.4, 0.5) is 5.69 Å². The van der Waals surface area contributed by atoms with Crippen LogP contribution in [0.2, 0.25) is 0 Å². The summed E-state index contributed by atoms with van der Waals surface area (Å²) in [6.45, 7) is 5.14. The molecule has 0 spiro atoms. The van der Waals surface area contributed by atoms with Crippen LogP contribution in [0.3, 0.4) is 0 Å². The summed E-state index contributed by atoms with van der Waals surface area (Å²) in [5, 5.41) is 10.4. The minimum Gasteiger partial charge on any atom is -0.499 e. The van der Waals surface area contributed by atoms with Gasteiger partial charge in [0.1, 0.15) is 19.0 Å². The van der Waals surface area contributed by atoms with Gasteiger partial charge in [-0.3, -0.25) is 10.1 Å². The van der Waals surface area contributed by atoms with Crippen molar-refractivity contribution in [1.82, 2.24) is 0 Å². The van der Waals surface area contributed by atoms with Crippen molar-refractivity contribution in [3.8, 4) is 5.75 Å². The largest absolute Gasteiger partial charge is 0.499 e. The van der Waals surface area contributed by atoms with Crippen LogP contribution in [-0.4, -0.2) is 31.4 Å². The molecule has 0 fully saturated rings. The molecule has 6 nitrogen and oxygen atoms in total. The fourth-order valence-corrected chi connectivity index (χ4v) is 1.17. The molecule has 0 N–H and O–H groups in total. The summed E-state index contributed by atoms with van der Waals surface area (Å²) in [6, 6.07) is 5.90. The predicted molar refractivity (Wildman–Crippen MR) is 65.6 cm³/mol. The number of nitrogens with zero attached hydrogens (tertiary/aromatic N) is 1. The fraction of sp³-hybridized carbons (Fsp3) is 0.333. The number of rotatable bonds is 9. The predicted octanol–water partition coefficient (Wildman–Crippen LogP) is 2.15. The zero-order valence-corrected chi connectivity index (χ0v) is 9.91. The van der Waals surface area contributed by atoms with Crippen molar-refractivity contribution >= 4 is 5.69 Å². The second kappa shape index (κ2) is 8.08. The van der Waals surface area contributed by atoms with E-state index in [0.29, 0.717) is 32.2 Å². The van der Waals surface area contributed by atoms with E-state index in [2.05, 4.69) is 6.58 Å². The smallest absolute Gasteiger partial charge is 0.269 e. The first kappa shape index (κ1) is 14.0.